The number of hydrogen-bond donors (Lipinski definition) is 2. The largest absolute Gasteiger partial charge is 0.461 e. The van der Waals surface area contributed by atoms with Crippen molar-refractivity contribution in [1.82, 2.24) is 15.0 Å². The van der Waals surface area contributed by atoms with Crippen LogP contribution in [0.25, 0.3) is 0 Å². The summed E-state index contributed by atoms with van der Waals surface area (Å²) in [6, 6.07) is 0.272. The first-order valence-corrected chi connectivity index (χ1v) is 7.51. The highest BCUT2D eigenvalue weighted by Gasteiger charge is 2.29. The van der Waals surface area contributed by atoms with Gasteiger partial charge in [-0.1, -0.05) is 0 Å². The molecule has 6 nitrogen and oxygen atoms in total. The molecule has 1 atom stereocenters. The van der Waals surface area contributed by atoms with Crippen LogP contribution in [0.5, 0.6) is 6.01 Å². The van der Waals surface area contributed by atoms with Gasteiger partial charge in [0.15, 0.2) is 0 Å². The Kier molecular flexibility index (Phi) is 4.34. The van der Waals surface area contributed by atoms with E-state index in [0.717, 1.165) is 6.54 Å². The molecule has 0 bridgehead atoms. The second kappa shape index (κ2) is 5.81. The first-order chi connectivity index (χ1) is 8.97. The molecular weight excluding hydrogens is 262 g/mol. The van der Waals surface area contributed by atoms with Crippen molar-refractivity contribution in [2.75, 3.05) is 23.3 Å². The van der Waals surface area contributed by atoms with E-state index in [0.29, 0.717) is 5.95 Å². The number of ether oxygens (including phenoxy) is 1. The van der Waals surface area contributed by atoms with Crippen LogP contribution in [0.1, 0.15) is 33.6 Å². The summed E-state index contributed by atoms with van der Waals surface area (Å²) in [4.78, 5) is 12.3. The first kappa shape index (κ1) is 14.2. The Balaban J connectivity index is 2.01. The Hall–Kier alpha value is -1.24. The van der Waals surface area contributed by atoms with Crippen molar-refractivity contribution in [3.8, 4) is 6.01 Å². The molecule has 19 heavy (non-hydrogen) atoms. The van der Waals surface area contributed by atoms with Gasteiger partial charge in [0.2, 0.25) is 11.9 Å². The molecule has 1 unspecified atom stereocenters. The normalized spacial score (nSPS) is 22.7. The van der Waals surface area contributed by atoms with Gasteiger partial charge < -0.3 is 15.8 Å². The van der Waals surface area contributed by atoms with E-state index in [1.54, 1.807) is 0 Å². The summed E-state index contributed by atoms with van der Waals surface area (Å²) >= 11 is 1.99. The van der Waals surface area contributed by atoms with Crippen LogP contribution in [0.3, 0.4) is 0 Å². The second-order valence-corrected chi connectivity index (χ2v) is 6.90. The third kappa shape index (κ3) is 4.12. The lowest BCUT2D eigenvalue weighted by atomic mass is 10.1. The maximum Gasteiger partial charge on any atom is 0.323 e. The van der Waals surface area contributed by atoms with Gasteiger partial charge in [-0.15, -0.1) is 0 Å². The van der Waals surface area contributed by atoms with E-state index in [2.05, 4.69) is 27.2 Å². The monoisotopic (exact) mass is 283 g/mol. The van der Waals surface area contributed by atoms with Crippen molar-refractivity contribution < 1.29 is 4.74 Å². The molecule has 0 saturated carbocycles. The van der Waals surface area contributed by atoms with Gasteiger partial charge in [-0.3, -0.25) is 0 Å². The summed E-state index contributed by atoms with van der Waals surface area (Å²) < 4.78 is 5.70. The number of anilines is 2. The van der Waals surface area contributed by atoms with E-state index in [4.69, 9.17) is 10.5 Å². The highest BCUT2D eigenvalue weighted by Crippen LogP contribution is 2.37. The number of nitrogen functional groups attached to an aromatic ring is 1. The quantitative estimate of drug-likeness (QED) is 0.854. The molecule has 2 rings (SSSR count). The third-order valence-electron chi connectivity index (χ3n) is 2.89. The van der Waals surface area contributed by atoms with Crippen LogP contribution >= 0.6 is 11.8 Å². The zero-order chi connectivity index (χ0) is 13.9. The molecule has 1 saturated heterocycles. The molecule has 1 aromatic rings. The van der Waals surface area contributed by atoms with Gasteiger partial charge in [0.25, 0.3) is 0 Å². The lowest BCUT2D eigenvalue weighted by Gasteiger charge is -2.22. The van der Waals surface area contributed by atoms with Gasteiger partial charge in [0.1, 0.15) is 0 Å². The maximum atomic E-state index is 5.66. The van der Waals surface area contributed by atoms with Crippen LogP contribution in [-0.4, -0.2) is 38.1 Å². The minimum atomic E-state index is 0.0116. The zero-order valence-electron chi connectivity index (χ0n) is 11.6. The van der Waals surface area contributed by atoms with Crippen molar-refractivity contribution in [2.24, 2.45) is 0 Å². The van der Waals surface area contributed by atoms with E-state index < -0.39 is 0 Å². The summed E-state index contributed by atoms with van der Waals surface area (Å²) in [5.41, 5.74) is 5.66. The topological polar surface area (TPSA) is 86.0 Å². The number of nitrogens with one attached hydrogen (secondary N) is 1. The number of thioether (sulfide) groups is 1. The fraction of sp³-hybridized carbons (Fsp3) is 0.750. The standard InChI is InChI=1S/C12H21N5OS/c1-8(2)18-11-16-9(13)15-10(17-11)14-7-12(3)5-4-6-19-12/h8H,4-7H2,1-3H3,(H3,13,14,15,16,17). The molecule has 106 valence electrons. The van der Waals surface area contributed by atoms with Crippen LogP contribution in [-0.2, 0) is 0 Å². The zero-order valence-corrected chi connectivity index (χ0v) is 12.5. The molecule has 1 aromatic heterocycles. The van der Waals surface area contributed by atoms with Gasteiger partial charge in [0.05, 0.1) is 6.10 Å². The molecule has 0 spiro atoms. The Morgan fingerprint density at radius 3 is 2.84 bits per heavy atom. The SMILES string of the molecule is CC(C)Oc1nc(N)nc(NCC2(C)CCCS2)n1. The Labute approximate surface area is 117 Å². The lowest BCUT2D eigenvalue weighted by Crippen LogP contribution is -2.28. The summed E-state index contributed by atoms with van der Waals surface area (Å²) in [6.07, 6.45) is 2.49. The number of nitrogens with two attached hydrogens (primary N) is 1. The summed E-state index contributed by atoms with van der Waals surface area (Å²) in [5, 5.41) is 3.24. The Morgan fingerprint density at radius 2 is 2.21 bits per heavy atom. The summed E-state index contributed by atoms with van der Waals surface area (Å²) in [7, 11) is 0. The fourth-order valence-electron chi connectivity index (χ4n) is 1.96. The lowest BCUT2D eigenvalue weighted by molar-refractivity contribution is 0.222. The minimum Gasteiger partial charge on any atom is -0.461 e. The maximum absolute atomic E-state index is 5.66. The van der Waals surface area contributed by atoms with Crippen molar-refractivity contribution in [3.63, 3.8) is 0 Å². The van der Waals surface area contributed by atoms with Gasteiger partial charge in [-0.2, -0.15) is 26.7 Å². The number of nitrogens with zero attached hydrogens (tertiary/aromatic N) is 3. The molecular formula is C12H21N5OS. The van der Waals surface area contributed by atoms with E-state index in [1.165, 1.54) is 18.6 Å². The average molecular weight is 283 g/mol. The molecule has 0 amide bonds. The molecule has 7 heteroatoms. The molecule has 0 aromatic carbocycles. The highest BCUT2D eigenvalue weighted by molar-refractivity contribution is 8.00. The van der Waals surface area contributed by atoms with Crippen molar-refractivity contribution in [2.45, 2.75) is 44.5 Å². The highest BCUT2D eigenvalue weighted by atomic mass is 32.2. The van der Waals surface area contributed by atoms with Gasteiger partial charge >= 0.3 is 6.01 Å². The molecule has 2 heterocycles. The smallest absolute Gasteiger partial charge is 0.323 e. The molecule has 1 aliphatic rings. The van der Waals surface area contributed by atoms with E-state index in [-0.39, 0.29) is 22.8 Å². The number of aromatic nitrogens is 3. The van der Waals surface area contributed by atoms with Gasteiger partial charge in [0, 0.05) is 11.3 Å². The molecule has 0 aliphatic carbocycles. The predicted molar refractivity (Wildman–Crippen MR) is 78.6 cm³/mol. The third-order valence-corrected chi connectivity index (χ3v) is 4.43. The molecule has 3 N–H and O–H groups in total. The van der Waals surface area contributed by atoms with Crippen molar-refractivity contribution in [3.05, 3.63) is 0 Å². The first-order valence-electron chi connectivity index (χ1n) is 6.53. The number of hydrogen-bond acceptors (Lipinski definition) is 7. The average Bonchev–Trinajstić information content (AvgIpc) is 2.73. The van der Waals surface area contributed by atoms with E-state index >= 15 is 0 Å². The van der Waals surface area contributed by atoms with Crippen LogP contribution in [0.4, 0.5) is 11.9 Å². The molecule has 1 fully saturated rings. The van der Waals surface area contributed by atoms with Crippen LogP contribution < -0.4 is 15.8 Å². The second-order valence-electron chi connectivity index (χ2n) is 5.22. The van der Waals surface area contributed by atoms with Crippen LogP contribution in [0, 0.1) is 0 Å². The van der Waals surface area contributed by atoms with E-state index in [1.807, 2.05) is 25.6 Å². The van der Waals surface area contributed by atoms with E-state index in [9.17, 15) is 0 Å². The summed E-state index contributed by atoms with van der Waals surface area (Å²) in [6.45, 7) is 6.92. The van der Waals surface area contributed by atoms with Crippen LogP contribution in [0.2, 0.25) is 0 Å². The van der Waals surface area contributed by atoms with Crippen molar-refractivity contribution in [1.29, 1.82) is 0 Å². The molecule has 1 aliphatic heterocycles. The molecule has 0 radical (unpaired) electrons. The number of rotatable bonds is 5. The fourth-order valence-corrected chi connectivity index (χ4v) is 3.20. The van der Waals surface area contributed by atoms with Crippen LogP contribution in [0.15, 0.2) is 0 Å². The minimum absolute atomic E-state index is 0.0116. The Morgan fingerprint density at radius 1 is 1.42 bits per heavy atom. The predicted octanol–water partition coefficient (Wildman–Crippen LogP) is 1.94. The van der Waals surface area contributed by atoms with Gasteiger partial charge in [-0.05, 0) is 39.4 Å². The Bertz CT molecular complexity index is 434. The summed E-state index contributed by atoms with van der Waals surface area (Å²) in [5.74, 6) is 1.88. The van der Waals surface area contributed by atoms with Gasteiger partial charge in [-0.25, -0.2) is 0 Å². The van der Waals surface area contributed by atoms with Crippen molar-refractivity contribution >= 4 is 23.7 Å².